The van der Waals surface area contributed by atoms with Crippen LogP contribution in [-0.2, 0) is 0 Å². The second-order valence-corrected chi connectivity index (χ2v) is 5.41. The molecule has 0 aromatic carbocycles. The van der Waals surface area contributed by atoms with Gasteiger partial charge < -0.3 is 15.0 Å². The van der Waals surface area contributed by atoms with Crippen LogP contribution in [0.4, 0.5) is 23.7 Å². The number of ether oxygens (including phenoxy) is 1. The van der Waals surface area contributed by atoms with Crippen LogP contribution in [0.5, 0.6) is 5.88 Å². The Morgan fingerprint density at radius 1 is 1.50 bits per heavy atom. The fourth-order valence-electron chi connectivity index (χ4n) is 2.27. The van der Waals surface area contributed by atoms with Crippen LogP contribution in [0.3, 0.4) is 0 Å². The van der Waals surface area contributed by atoms with E-state index in [9.17, 15) is 18.0 Å². The van der Waals surface area contributed by atoms with E-state index in [2.05, 4.69) is 22.0 Å². The quantitative estimate of drug-likeness (QED) is 0.931. The molecule has 0 aliphatic carbocycles. The van der Waals surface area contributed by atoms with Gasteiger partial charge in [-0.3, -0.25) is 0 Å². The Morgan fingerprint density at radius 3 is 2.86 bits per heavy atom. The zero-order chi connectivity index (χ0) is 16.2. The number of halogens is 3. The van der Waals surface area contributed by atoms with Gasteiger partial charge >= 0.3 is 12.2 Å². The normalized spacial score (nSPS) is 18.9. The molecule has 2 amide bonds. The summed E-state index contributed by atoms with van der Waals surface area (Å²) in [6.45, 7) is 2.10. The maximum absolute atomic E-state index is 12.1. The van der Waals surface area contributed by atoms with Crippen molar-refractivity contribution in [2.24, 2.45) is 5.92 Å². The van der Waals surface area contributed by atoms with E-state index in [1.807, 2.05) is 0 Å². The monoisotopic (exact) mass is 317 g/mol. The fourth-order valence-corrected chi connectivity index (χ4v) is 2.27. The maximum Gasteiger partial charge on any atom is 0.422 e. The fraction of sp³-hybridized carbons (Fsp3) is 0.571. The summed E-state index contributed by atoms with van der Waals surface area (Å²) in [5.41, 5.74) is 0.419. The van der Waals surface area contributed by atoms with E-state index in [-0.39, 0.29) is 11.9 Å². The first-order chi connectivity index (χ1) is 10.3. The number of carbonyl (C=O) groups excluding carboxylic acids is 1. The topological polar surface area (TPSA) is 54.5 Å². The molecular formula is C14H18F3N3O2. The zero-order valence-corrected chi connectivity index (χ0v) is 12.2. The zero-order valence-electron chi connectivity index (χ0n) is 12.2. The molecule has 1 aliphatic heterocycles. The van der Waals surface area contributed by atoms with Crippen LogP contribution in [0.15, 0.2) is 18.3 Å². The van der Waals surface area contributed by atoms with E-state index in [0.29, 0.717) is 24.7 Å². The van der Waals surface area contributed by atoms with Crippen molar-refractivity contribution in [1.29, 1.82) is 0 Å². The van der Waals surface area contributed by atoms with Crippen LogP contribution < -0.4 is 10.1 Å². The standard InChI is InChI=1S/C14H18F3N3O2/c1-10-3-2-6-20(8-10)13(21)19-11-4-5-12(18-7-11)22-9-14(15,16)17/h4-5,7,10H,2-3,6,8-9H2,1H3,(H,19,21)/t10-/m1/s1. The highest BCUT2D eigenvalue weighted by molar-refractivity contribution is 5.89. The lowest BCUT2D eigenvalue weighted by atomic mass is 10.0. The van der Waals surface area contributed by atoms with Crippen LogP contribution >= 0.6 is 0 Å². The number of carbonyl (C=O) groups is 1. The average molecular weight is 317 g/mol. The summed E-state index contributed by atoms with van der Waals surface area (Å²) < 4.78 is 40.5. The van der Waals surface area contributed by atoms with E-state index in [1.54, 1.807) is 4.90 Å². The van der Waals surface area contributed by atoms with Crippen molar-refractivity contribution in [2.75, 3.05) is 25.0 Å². The molecule has 1 saturated heterocycles. The molecule has 2 rings (SSSR count). The Balaban J connectivity index is 1.86. The van der Waals surface area contributed by atoms with E-state index in [0.717, 1.165) is 12.8 Å². The summed E-state index contributed by atoms with van der Waals surface area (Å²) in [6.07, 6.45) is -1.05. The number of nitrogens with zero attached hydrogens (tertiary/aromatic N) is 2. The first-order valence-electron chi connectivity index (χ1n) is 7.05. The average Bonchev–Trinajstić information content (AvgIpc) is 2.46. The number of pyridine rings is 1. The molecule has 1 aromatic heterocycles. The largest absolute Gasteiger partial charge is 0.468 e. The molecule has 1 aliphatic rings. The van der Waals surface area contributed by atoms with Crippen molar-refractivity contribution >= 4 is 11.7 Å². The highest BCUT2D eigenvalue weighted by atomic mass is 19.4. The molecule has 0 unspecified atom stereocenters. The SMILES string of the molecule is C[C@@H]1CCCN(C(=O)Nc2ccc(OCC(F)(F)F)nc2)C1. The molecule has 0 saturated carbocycles. The third-order valence-corrected chi connectivity index (χ3v) is 3.32. The summed E-state index contributed by atoms with van der Waals surface area (Å²) in [7, 11) is 0. The van der Waals surface area contributed by atoms with Crippen molar-refractivity contribution in [3.8, 4) is 5.88 Å². The summed E-state index contributed by atoms with van der Waals surface area (Å²) in [5, 5.41) is 2.68. The molecule has 1 atom stereocenters. The summed E-state index contributed by atoms with van der Waals surface area (Å²) in [5.74, 6) is 0.331. The molecule has 0 spiro atoms. The lowest BCUT2D eigenvalue weighted by Gasteiger charge is -2.30. The predicted molar refractivity (Wildman–Crippen MR) is 74.8 cm³/mol. The lowest BCUT2D eigenvalue weighted by Crippen LogP contribution is -2.41. The summed E-state index contributed by atoms with van der Waals surface area (Å²) in [6, 6.07) is 2.53. The highest BCUT2D eigenvalue weighted by Gasteiger charge is 2.28. The van der Waals surface area contributed by atoms with Crippen molar-refractivity contribution in [3.63, 3.8) is 0 Å². The first-order valence-corrected chi connectivity index (χ1v) is 7.05. The highest BCUT2D eigenvalue weighted by Crippen LogP contribution is 2.19. The Kier molecular flexibility index (Phi) is 5.10. The van der Waals surface area contributed by atoms with Crippen molar-refractivity contribution in [2.45, 2.75) is 25.9 Å². The van der Waals surface area contributed by atoms with Gasteiger partial charge in [0.15, 0.2) is 6.61 Å². The van der Waals surface area contributed by atoms with Gasteiger partial charge in [-0.05, 0) is 24.8 Å². The third-order valence-electron chi connectivity index (χ3n) is 3.32. The van der Waals surface area contributed by atoms with E-state index in [1.165, 1.54) is 18.3 Å². The number of hydrogen-bond acceptors (Lipinski definition) is 3. The van der Waals surface area contributed by atoms with E-state index < -0.39 is 12.8 Å². The Morgan fingerprint density at radius 2 is 2.27 bits per heavy atom. The number of rotatable bonds is 3. The van der Waals surface area contributed by atoms with Gasteiger partial charge in [0.05, 0.1) is 11.9 Å². The summed E-state index contributed by atoms with van der Waals surface area (Å²) >= 11 is 0. The molecule has 2 heterocycles. The smallest absolute Gasteiger partial charge is 0.422 e. The van der Waals surface area contributed by atoms with Crippen molar-refractivity contribution in [1.82, 2.24) is 9.88 Å². The van der Waals surface area contributed by atoms with Crippen LogP contribution in [-0.4, -0.2) is 41.8 Å². The first kappa shape index (κ1) is 16.4. The number of anilines is 1. The second kappa shape index (κ2) is 6.85. The van der Waals surface area contributed by atoms with Gasteiger partial charge in [0.25, 0.3) is 0 Å². The van der Waals surface area contributed by atoms with Gasteiger partial charge in [-0.1, -0.05) is 6.92 Å². The molecule has 1 N–H and O–H groups in total. The molecule has 0 bridgehead atoms. The molecule has 1 aromatic rings. The Labute approximate surface area is 126 Å². The predicted octanol–water partition coefficient (Wildman–Crippen LogP) is 3.29. The number of alkyl halides is 3. The number of nitrogens with one attached hydrogen (secondary N) is 1. The van der Waals surface area contributed by atoms with E-state index in [4.69, 9.17) is 0 Å². The van der Waals surface area contributed by atoms with Gasteiger partial charge in [0.1, 0.15) is 0 Å². The minimum atomic E-state index is -4.40. The number of piperidine rings is 1. The second-order valence-electron chi connectivity index (χ2n) is 5.41. The van der Waals surface area contributed by atoms with E-state index >= 15 is 0 Å². The molecule has 1 fully saturated rings. The van der Waals surface area contributed by atoms with Crippen molar-refractivity contribution in [3.05, 3.63) is 18.3 Å². The maximum atomic E-state index is 12.1. The Bertz CT molecular complexity index is 505. The molecule has 122 valence electrons. The number of amides is 2. The molecule has 5 nitrogen and oxygen atoms in total. The van der Waals surface area contributed by atoms with Crippen LogP contribution in [0, 0.1) is 5.92 Å². The third kappa shape index (κ3) is 5.09. The number of likely N-dealkylation sites (tertiary alicyclic amines) is 1. The van der Waals surface area contributed by atoms with Crippen molar-refractivity contribution < 1.29 is 22.7 Å². The minimum absolute atomic E-state index is 0.137. The van der Waals surface area contributed by atoms with Gasteiger partial charge in [-0.25, -0.2) is 9.78 Å². The summed E-state index contributed by atoms with van der Waals surface area (Å²) in [4.78, 5) is 17.5. The lowest BCUT2D eigenvalue weighted by molar-refractivity contribution is -0.154. The Hall–Kier alpha value is -1.99. The number of urea groups is 1. The molecule has 8 heteroatoms. The molecule has 0 radical (unpaired) electrons. The van der Waals surface area contributed by atoms with Gasteiger partial charge in [-0.15, -0.1) is 0 Å². The van der Waals surface area contributed by atoms with Gasteiger partial charge in [0.2, 0.25) is 5.88 Å². The van der Waals surface area contributed by atoms with Crippen LogP contribution in [0.1, 0.15) is 19.8 Å². The number of hydrogen-bond donors (Lipinski definition) is 1. The van der Waals surface area contributed by atoms with Crippen LogP contribution in [0.25, 0.3) is 0 Å². The molecular weight excluding hydrogens is 299 g/mol. The van der Waals surface area contributed by atoms with Gasteiger partial charge in [0, 0.05) is 19.2 Å². The molecule has 22 heavy (non-hydrogen) atoms. The number of aromatic nitrogens is 1. The minimum Gasteiger partial charge on any atom is -0.468 e. The van der Waals surface area contributed by atoms with Crippen LogP contribution in [0.2, 0.25) is 0 Å². The van der Waals surface area contributed by atoms with Gasteiger partial charge in [-0.2, -0.15) is 13.2 Å².